The fourth-order valence-corrected chi connectivity index (χ4v) is 4.39. The monoisotopic (exact) mass is 343 g/mol. The SMILES string of the molecule is COc1ccc(C)cc1.O=C(C1CCC1)N1CCC2CCCCC2C1. The molecule has 1 aromatic carbocycles. The summed E-state index contributed by atoms with van der Waals surface area (Å²) in [6.45, 7) is 4.19. The summed E-state index contributed by atoms with van der Waals surface area (Å²) < 4.78 is 4.97. The zero-order valence-corrected chi connectivity index (χ0v) is 15.9. The van der Waals surface area contributed by atoms with Crippen molar-refractivity contribution in [3.8, 4) is 5.75 Å². The van der Waals surface area contributed by atoms with E-state index in [9.17, 15) is 4.79 Å². The van der Waals surface area contributed by atoms with Crippen molar-refractivity contribution in [2.24, 2.45) is 17.8 Å². The fraction of sp³-hybridized carbons (Fsp3) is 0.682. The minimum absolute atomic E-state index is 0.403. The summed E-state index contributed by atoms with van der Waals surface area (Å²) in [5.74, 6) is 3.58. The molecule has 1 amide bonds. The number of fused-ring (bicyclic) bond motifs is 1. The second kappa shape index (κ2) is 8.73. The maximum absolute atomic E-state index is 12.2. The number of hydrogen-bond donors (Lipinski definition) is 0. The molecule has 138 valence electrons. The van der Waals surface area contributed by atoms with Crippen LogP contribution < -0.4 is 4.74 Å². The smallest absolute Gasteiger partial charge is 0.225 e. The first-order valence-electron chi connectivity index (χ1n) is 10.1. The Balaban J connectivity index is 0.000000173. The predicted octanol–water partition coefficient (Wildman–Crippen LogP) is 4.83. The molecule has 25 heavy (non-hydrogen) atoms. The second-order valence-corrected chi connectivity index (χ2v) is 8.02. The van der Waals surface area contributed by atoms with Gasteiger partial charge >= 0.3 is 0 Å². The molecule has 0 N–H and O–H groups in total. The van der Waals surface area contributed by atoms with Gasteiger partial charge in [0, 0.05) is 19.0 Å². The minimum Gasteiger partial charge on any atom is -0.497 e. The number of carbonyl (C=O) groups excluding carboxylic acids is 1. The van der Waals surface area contributed by atoms with Crippen molar-refractivity contribution in [2.75, 3.05) is 20.2 Å². The topological polar surface area (TPSA) is 29.5 Å². The van der Waals surface area contributed by atoms with Crippen LogP contribution in [-0.4, -0.2) is 31.0 Å². The van der Waals surface area contributed by atoms with Crippen molar-refractivity contribution in [3.63, 3.8) is 0 Å². The molecule has 1 aromatic rings. The van der Waals surface area contributed by atoms with E-state index < -0.39 is 0 Å². The van der Waals surface area contributed by atoms with Crippen LogP contribution in [0.5, 0.6) is 5.75 Å². The van der Waals surface area contributed by atoms with Crippen LogP contribution >= 0.6 is 0 Å². The molecule has 3 fully saturated rings. The van der Waals surface area contributed by atoms with Gasteiger partial charge in [-0.1, -0.05) is 43.4 Å². The number of ether oxygens (including phenoxy) is 1. The second-order valence-electron chi connectivity index (χ2n) is 8.02. The molecule has 2 aliphatic carbocycles. The molecular weight excluding hydrogens is 310 g/mol. The molecule has 1 aliphatic heterocycles. The third kappa shape index (κ3) is 4.77. The normalized spacial score (nSPS) is 25.9. The Morgan fingerprint density at radius 1 is 0.960 bits per heavy atom. The number of amides is 1. The summed E-state index contributed by atoms with van der Waals surface area (Å²) >= 11 is 0. The van der Waals surface area contributed by atoms with E-state index in [4.69, 9.17) is 4.74 Å². The molecule has 4 rings (SSSR count). The van der Waals surface area contributed by atoms with E-state index in [-0.39, 0.29) is 0 Å². The molecule has 1 heterocycles. The number of methoxy groups -OCH3 is 1. The van der Waals surface area contributed by atoms with E-state index >= 15 is 0 Å². The molecule has 2 unspecified atom stereocenters. The highest BCUT2D eigenvalue weighted by Gasteiger charge is 2.36. The quantitative estimate of drug-likeness (QED) is 0.770. The van der Waals surface area contributed by atoms with Gasteiger partial charge in [0.1, 0.15) is 5.75 Å². The Labute approximate surface area is 152 Å². The van der Waals surface area contributed by atoms with Crippen LogP contribution in [0.1, 0.15) is 56.9 Å². The number of likely N-dealkylation sites (tertiary alicyclic amines) is 1. The standard InChI is InChI=1S/C14H23NO.C8H10O/c16-14(12-6-3-7-12)15-9-8-11-4-1-2-5-13(11)10-15;1-7-3-5-8(9-2)6-4-7/h11-13H,1-10H2;3-6H,1-2H3. The lowest BCUT2D eigenvalue weighted by molar-refractivity contribution is -0.141. The molecule has 3 nitrogen and oxygen atoms in total. The fourth-order valence-electron chi connectivity index (χ4n) is 4.39. The Bertz CT molecular complexity index is 550. The van der Waals surface area contributed by atoms with Gasteiger partial charge in [0.05, 0.1) is 7.11 Å². The number of piperidine rings is 1. The lowest BCUT2D eigenvalue weighted by atomic mass is 9.74. The highest BCUT2D eigenvalue weighted by Crippen LogP contribution is 2.37. The van der Waals surface area contributed by atoms with Crippen LogP contribution in [0.4, 0.5) is 0 Å². The average Bonchev–Trinajstić information content (AvgIpc) is 2.61. The molecule has 0 aromatic heterocycles. The predicted molar refractivity (Wildman–Crippen MR) is 102 cm³/mol. The number of rotatable bonds is 2. The van der Waals surface area contributed by atoms with E-state index in [1.54, 1.807) is 7.11 Å². The van der Waals surface area contributed by atoms with Crippen LogP contribution in [0.3, 0.4) is 0 Å². The number of hydrogen-bond acceptors (Lipinski definition) is 2. The highest BCUT2D eigenvalue weighted by atomic mass is 16.5. The van der Waals surface area contributed by atoms with Gasteiger partial charge < -0.3 is 9.64 Å². The van der Waals surface area contributed by atoms with Gasteiger partial charge in [-0.3, -0.25) is 4.79 Å². The van der Waals surface area contributed by atoms with Crippen LogP contribution in [0.2, 0.25) is 0 Å². The van der Waals surface area contributed by atoms with Crippen molar-refractivity contribution in [1.29, 1.82) is 0 Å². The Morgan fingerprint density at radius 2 is 1.64 bits per heavy atom. The molecule has 0 bridgehead atoms. The van der Waals surface area contributed by atoms with E-state index in [1.807, 2.05) is 24.3 Å². The minimum atomic E-state index is 0.403. The molecule has 2 saturated carbocycles. The van der Waals surface area contributed by atoms with E-state index in [0.29, 0.717) is 11.8 Å². The van der Waals surface area contributed by atoms with Crippen LogP contribution in [0.15, 0.2) is 24.3 Å². The molecule has 2 atom stereocenters. The largest absolute Gasteiger partial charge is 0.497 e. The van der Waals surface area contributed by atoms with Gasteiger partial charge in [-0.2, -0.15) is 0 Å². The Kier molecular flexibility index (Phi) is 6.39. The number of aryl methyl sites for hydroxylation is 1. The summed E-state index contributed by atoms with van der Waals surface area (Å²) in [4.78, 5) is 14.4. The molecule has 3 heteroatoms. The highest BCUT2D eigenvalue weighted by molar-refractivity contribution is 5.79. The van der Waals surface area contributed by atoms with E-state index in [1.165, 1.54) is 44.1 Å². The maximum Gasteiger partial charge on any atom is 0.225 e. The molecule has 3 aliphatic rings. The first kappa shape index (κ1) is 18.3. The van der Waals surface area contributed by atoms with Crippen LogP contribution in [-0.2, 0) is 4.79 Å². The lowest BCUT2D eigenvalue weighted by Gasteiger charge is -2.43. The van der Waals surface area contributed by atoms with Crippen molar-refractivity contribution >= 4 is 5.91 Å². The maximum atomic E-state index is 12.2. The van der Waals surface area contributed by atoms with Gasteiger partial charge in [-0.05, 0) is 56.6 Å². The zero-order valence-electron chi connectivity index (χ0n) is 15.9. The summed E-state index contributed by atoms with van der Waals surface area (Å²) in [6.07, 6.45) is 10.5. The van der Waals surface area contributed by atoms with Crippen molar-refractivity contribution in [1.82, 2.24) is 4.90 Å². The van der Waals surface area contributed by atoms with Crippen molar-refractivity contribution < 1.29 is 9.53 Å². The van der Waals surface area contributed by atoms with Gasteiger partial charge in [-0.25, -0.2) is 0 Å². The molecule has 0 radical (unpaired) electrons. The number of benzene rings is 1. The Hall–Kier alpha value is -1.51. The molecular formula is C22H33NO2. The number of carbonyl (C=O) groups is 1. The molecule has 0 spiro atoms. The van der Waals surface area contributed by atoms with Crippen LogP contribution in [0, 0.1) is 24.7 Å². The van der Waals surface area contributed by atoms with E-state index in [2.05, 4.69) is 11.8 Å². The lowest BCUT2D eigenvalue weighted by Crippen LogP contribution is -2.47. The van der Waals surface area contributed by atoms with Crippen molar-refractivity contribution in [3.05, 3.63) is 29.8 Å². The van der Waals surface area contributed by atoms with Crippen LogP contribution in [0.25, 0.3) is 0 Å². The number of nitrogens with zero attached hydrogens (tertiary/aromatic N) is 1. The van der Waals surface area contributed by atoms with Gasteiger partial charge in [0.25, 0.3) is 0 Å². The summed E-state index contributed by atoms with van der Waals surface area (Å²) in [5.41, 5.74) is 1.26. The zero-order chi connectivity index (χ0) is 17.6. The van der Waals surface area contributed by atoms with Gasteiger partial charge in [0.15, 0.2) is 0 Å². The molecule has 1 saturated heterocycles. The van der Waals surface area contributed by atoms with E-state index in [0.717, 1.165) is 43.5 Å². The van der Waals surface area contributed by atoms with Gasteiger partial charge in [-0.15, -0.1) is 0 Å². The summed E-state index contributed by atoms with van der Waals surface area (Å²) in [7, 11) is 1.67. The first-order valence-corrected chi connectivity index (χ1v) is 10.1. The van der Waals surface area contributed by atoms with Crippen molar-refractivity contribution in [2.45, 2.75) is 58.3 Å². The van der Waals surface area contributed by atoms with Gasteiger partial charge in [0.2, 0.25) is 5.91 Å². The summed E-state index contributed by atoms with van der Waals surface area (Å²) in [5, 5.41) is 0. The first-order chi connectivity index (χ1) is 12.2. The average molecular weight is 344 g/mol. The Morgan fingerprint density at radius 3 is 2.24 bits per heavy atom. The third-order valence-corrected chi connectivity index (χ3v) is 6.31. The summed E-state index contributed by atoms with van der Waals surface area (Å²) in [6, 6.07) is 7.96. The third-order valence-electron chi connectivity index (χ3n) is 6.31.